The summed E-state index contributed by atoms with van der Waals surface area (Å²) in [4.78, 5) is 30.4. The van der Waals surface area contributed by atoms with Crippen LogP contribution in [0.4, 0.5) is 4.79 Å². The van der Waals surface area contributed by atoms with Crippen molar-refractivity contribution < 1.29 is 19.4 Å². The molecule has 1 aliphatic heterocycles. The molecule has 1 aliphatic rings. The van der Waals surface area contributed by atoms with E-state index >= 15 is 0 Å². The summed E-state index contributed by atoms with van der Waals surface area (Å²) in [7, 11) is -1.19. The van der Waals surface area contributed by atoms with E-state index in [-0.39, 0.29) is 12.0 Å². The summed E-state index contributed by atoms with van der Waals surface area (Å²) in [5, 5.41) is 9.58. The third-order valence-electron chi connectivity index (χ3n) is 4.88. The van der Waals surface area contributed by atoms with E-state index in [1.54, 1.807) is 0 Å². The van der Waals surface area contributed by atoms with Crippen LogP contribution in [0.2, 0.25) is 25.7 Å². The number of ether oxygens (including phenoxy) is 1. The van der Waals surface area contributed by atoms with Crippen LogP contribution in [-0.2, 0) is 11.5 Å². The van der Waals surface area contributed by atoms with Gasteiger partial charge in [-0.3, -0.25) is 9.69 Å². The lowest BCUT2D eigenvalue weighted by atomic mass is 10.1. The van der Waals surface area contributed by atoms with Crippen molar-refractivity contribution in [3.05, 3.63) is 16.8 Å². The number of imidazole rings is 1. The number of carbonyl (C=O) groups is 2. The molecule has 27 heavy (non-hydrogen) atoms. The van der Waals surface area contributed by atoms with Crippen LogP contribution in [0.1, 0.15) is 34.9 Å². The first-order valence-electron chi connectivity index (χ1n) is 9.22. The minimum atomic E-state index is -1.19. The fourth-order valence-electron chi connectivity index (χ4n) is 3.44. The van der Waals surface area contributed by atoms with Crippen molar-refractivity contribution in [2.45, 2.75) is 51.8 Å². The maximum atomic E-state index is 11.7. The largest absolute Gasteiger partial charge is 0.465 e. The number of hydrogen-bond donors (Lipinski definition) is 1. The van der Waals surface area contributed by atoms with Gasteiger partial charge in [0.25, 0.3) is 0 Å². The Kier molecular flexibility index (Phi) is 5.73. The molecular formula is C18H27N3O4SSi. The van der Waals surface area contributed by atoms with E-state index < -0.39 is 14.2 Å². The molecule has 0 saturated carbocycles. The monoisotopic (exact) mass is 409 g/mol. The Morgan fingerprint density at radius 3 is 2.85 bits per heavy atom. The minimum absolute atomic E-state index is 0.280. The van der Waals surface area contributed by atoms with E-state index in [1.165, 1.54) is 16.2 Å². The van der Waals surface area contributed by atoms with Gasteiger partial charge in [-0.25, -0.2) is 9.78 Å². The third-order valence-corrected chi connectivity index (χ3v) is 7.53. The van der Waals surface area contributed by atoms with E-state index in [9.17, 15) is 14.7 Å². The van der Waals surface area contributed by atoms with Crippen molar-refractivity contribution in [3.8, 4) is 0 Å². The summed E-state index contributed by atoms with van der Waals surface area (Å²) in [5.74, 6) is 1.00. The zero-order valence-electron chi connectivity index (χ0n) is 16.3. The maximum absolute atomic E-state index is 11.7. The topological polar surface area (TPSA) is 84.7 Å². The van der Waals surface area contributed by atoms with Gasteiger partial charge in [-0.1, -0.05) is 26.6 Å². The molecule has 0 aromatic carbocycles. The highest BCUT2D eigenvalue weighted by molar-refractivity contribution is 7.20. The van der Waals surface area contributed by atoms with Crippen molar-refractivity contribution in [2.75, 3.05) is 13.2 Å². The smallest absolute Gasteiger partial charge is 0.407 e. The second-order valence-electron chi connectivity index (χ2n) is 8.49. The Balaban J connectivity index is 1.90. The molecular weight excluding hydrogens is 382 g/mol. The lowest BCUT2D eigenvalue weighted by molar-refractivity contribution is 0.0832. The molecule has 0 unspecified atom stereocenters. The number of thiophene rings is 1. The standard InChI is InChI=1S/C18H27N3O4SSi/c1-12-7-14(20(9-12)18(23)24)16-19-17-15(8-13(10-22)26-17)21(16)11-25-5-6-27(2,3)4/h8,10,12,14H,5-7,9,11H2,1-4H3,(H,23,24)/t12-,14-/m0/s1. The highest BCUT2D eigenvalue weighted by atomic mass is 32.1. The van der Waals surface area contributed by atoms with E-state index in [4.69, 9.17) is 9.72 Å². The second-order valence-corrected chi connectivity index (χ2v) is 15.2. The van der Waals surface area contributed by atoms with E-state index in [1.807, 2.05) is 10.6 Å². The Morgan fingerprint density at radius 1 is 1.48 bits per heavy atom. The lowest BCUT2D eigenvalue weighted by Crippen LogP contribution is -2.31. The molecule has 3 rings (SSSR count). The van der Waals surface area contributed by atoms with Crippen molar-refractivity contribution in [3.63, 3.8) is 0 Å². The molecule has 0 spiro atoms. The Bertz CT molecular complexity index is 842. The summed E-state index contributed by atoms with van der Waals surface area (Å²) >= 11 is 1.33. The highest BCUT2D eigenvalue weighted by Gasteiger charge is 2.37. The number of amides is 1. The number of carboxylic acid groups (broad SMARTS) is 1. The molecule has 1 saturated heterocycles. The fourth-order valence-corrected chi connectivity index (χ4v) is 5.05. The van der Waals surface area contributed by atoms with Gasteiger partial charge in [-0.15, -0.1) is 11.3 Å². The van der Waals surface area contributed by atoms with Crippen molar-refractivity contribution in [2.24, 2.45) is 5.92 Å². The van der Waals surface area contributed by atoms with Crippen LogP contribution in [0.15, 0.2) is 6.07 Å². The van der Waals surface area contributed by atoms with Gasteiger partial charge in [0, 0.05) is 21.2 Å². The van der Waals surface area contributed by atoms with Crippen LogP contribution in [0.3, 0.4) is 0 Å². The van der Waals surface area contributed by atoms with Crippen molar-refractivity contribution in [1.82, 2.24) is 14.5 Å². The summed E-state index contributed by atoms with van der Waals surface area (Å²) in [6, 6.07) is 2.59. The van der Waals surface area contributed by atoms with Gasteiger partial charge in [0.05, 0.1) is 16.4 Å². The average molecular weight is 410 g/mol. The molecule has 0 aliphatic carbocycles. The summed E-state index contributed by atoms with van der Waals surface area (Å²) in [6.45, 7) is 10.5. The summed E-state index contributed by atoms with van der Waals surface area (Å²) in [5.41, 5.74) is 0.843. The van der Waals surface area contributed by atoms with Crippen LogP contribution in [0, 0.1) is 5.92 Å². The molecule has 2 atom stereocenters. The van der Waals surface area contributed by atoms with Gasteiger partial charge in [-0.2, -0.15) is 0 Å². The lowest BCUT2D eigenvalue weighted by Gasteiger charge is -2.22. The molecule has 0 bridgehead atoms. The van der Waals surface area contributed by atoms with Crippen molar-refractivity contribution >= 4 is 42.1 Å². The molecule has 2 aromatic rings. The van der Waals surface area contributed by atoms with E-state index in [0.717, 1.165) is 29.1 Å². The first-order chi connectivity index (χ1) is 12.7. The Hall–Kier alpha value is -1.71. The second kappa shape index (κ2) is 7.73. The van der Waals surface area contributed by atoms with Gasteiger partial charge in [-0.05, 0) is 24.4 Å². The number of aromatic nitrogens is 2. The highest BCUT2D eigenvalue weighted by Crippen LogP contribution is 2.37. The number of hydrogen-bond acceptors (Lipinski definition) is 5. The molecule has 148 valence electrons. The predicted molar refractivity (Wildman–Crippen MR) is 108 cm³/mol. The Morgan fingerprint density at radius 2 is 2.22 bits per heavy atom. The zero-order chi connectivity index (χ0) is 19.8. The van der Waals surface area contributed by atoms with E-state index in [2.05, 4.69) is 26.6 Å². The molecule has 0 radical (unpaired) electrons. The van der Waals surface area contributed by atoms with Gasteiger partial charge >= 0.3 is 6.09 Å². The molecule has 3 heterocycles. The number of aldehydes is 1. The van der Waals surface area contributed by atoms with Crippen LogP contribution in [0.25, 0.3) is 10.3 Å². The van der Waals surface area contributed by atoms with Gasteiger partial charge in [0.2, 0.25) is 0 Å². The quantitative estimate of drug-likeness (QED) is 0.419. The average Bonchev–Trinajstić information content (AvgIpc) is 3.22. The number of nitrogens with zero attached hydrogens (tertiary/aromatic N) is 3. The predicted octanol–water partition coefficient (Wildman–Crippen LogP) is 4.28. The molecule has 1 N–H and O–H groups in total. The molecule has 1 fully saturated rings. The zero-order valence-corrected chi connectivity index (χ0v) is 18.1. The molecule has 9 heteroatoms. The number of rotatable bonds is 7. The van der Waals surface area contributed by atoms with Crippen LogP contribution in [0.5, 0.6) is 0 Å². The summed E-state index contributed by atoms with van der Waals surface area (Å²) in [6.07, 6.45) is 0.644. The number of carbonyl (C=O) groups excluding carboxylic acids is 1. The normalized spacial score (nSPS) is 20.5. The minimum Gasteiger partial charge on any atom is -0.465 e. The van der Waals surface area contributed by atoms with Crippen LogP contribution in [-0.4, -0.2) is 53.2 Å². The van der Waals surface area contributed by atoms with Crippen LogP contribution < -0.4 is 0 Å². The van der Waals surface area contributed by atoms with Crippen LogP contribution >= 0.6 is 11.3 Å². The fraction of sp³-hybridized carbons (Fsp3) is 0.611. The third kappa shape index (κ3) is 4.41. The first-order valence-corrected chi connectivity index (χ1v) is 13.7. The SMILES string of the molecule is C[C@H]1C[C@@H](c2nc3sc(C=O)cc3n2COCC[Si](C)(C)C)N(C(=O)O)C1. The summed E-state index contributed by atoms with van der Waals surface area (Å²) < 4.78 is 7.88. The molecule has 1 amide bonds. The first kappa shape index (κ1) is 20.0. The molecule has 2 aromatic heterocycles. The van der Waals surface area contributed by atoms with Gasteiger partial charge in [0.1, 0.15) is 17.4 Å². The molecule has 7 nitrogen and oxygen atoms in total. The number of likely N-dealkylation sites (tertiary alicyclic amines) is 1. The number of fused-ring (bicyclic) bond motifs is 1. The Labute approximate surface area is 164 Å². The van der Waals surface area contributed by atoms with Gasteiger partial charge < -0.3 is 14.4 Å². The van der Waals surface area contributed by atoms with Gasteiger partial charge in [0.15, 0.2) is 6.29 Å². The maximum Gasteiger partial charge on any atom is 0.407 e. The van der Waals surface area contributed by atoms with Crippen molar-refractivity contribution in [1.29, 1.82) is 0 Å². The van der Waals surface area contributed by atoms with E-state index in [0.29, 0.717) is 30.6 Å².